The predicted molar refractivity (Wildman–Crippen MR) is 186 cm³/mol. The summed E-state index contributed by atoms with van der Waals surface area (Å²) in [5.41, 5.74) is 5.32. The van der Waals surface area contributed by atoms with Crippen LogP contribution in [0.25, 0.3) is 11.0 Å². The maximum atomic E-state index is 13.4. The van der Waals surface area contributed by atoms with Gasteiger partial charge in [0.25, 0.3) is 0 Å². The summed E-state index contributed by atoms with van der Waals surface area (Å²) in [5, 5.41) is 17.7. The van der Waals surface area contributed by atoms with Crippen molar-refractivity contribution in [2.45, 2.75) is 52.2 Å². The Kier molecular flexibility index (Phi) is 8.69. The molecule has 0 unspecified atom stereocenters. The van der Waals surface area contributed by atoms with Crippen molar-refractivity contribution in [2.24, 2.45) is 5.92 Å². The van der Waals surface area contributed by atoms with Crippen LogP contribution in [0.5, 0.6) is 5.75 Å². The third kappa shape index (κ3) is 6.54. The smallest absolute Gasteiger partial charge is 0.229 e. The maximum Gasteiger partial charge on any atom is 0.229 e. The van der Waals surface area contributed by atoms with Crippen molar-refractivity contribution in [1.29, 1.82) is 0 Å². The van der Waals surface area contributed by atoms with E-state index in [-0.39, 0.29) is 0 Å². The first kappa shape index (κ1) is 32.2. The Hall–Kier alpha value is -3.79. The molecule has 2 aromatic heterocycles. The summed E-state index contributed by atoms with van der Waals surface area (Å²) in [4.78, 5) is 23.2. The van der Waals surface area contributed by atoms with Crippen molar-refractivity contribution >= 4 is 52.3 Å². The minimum Gasteiger partial charge on any atom is -0.494 e. The molecule has 3 N–H and O–H groups in total. The maximum absolute atomic E-state index is 13.4. The van der Waals surface area contributed by atoms with Crippen LogP contribution in [0.3, 0.4) is 0 Å². The van der Waals surface area contributed by atoms with Crippen LogP contribution in [-0.4, -0.2) is 88.2 Å². The highest BCUT2D eigenvalue weighted by atomic mass is 31.2. The summed E-state index contributed by atoms with van der Waals surface area (Å²) < 4.78 is 19.2. The minimum absolute atomic E-state index is 0.360. The highest BCUT2D eigenvalue weighted by Gasteiger charge is 2.41. The van der Waals surface area contributed by atoms with Gasteiger partial charge in [0.15, 0.2) is 0 Å². The minimum atomic E-state index is -2.72. The van der Waals surface area contributed by atoms with E-state index in [1.54, 1.807) is 39.0 Å². The van der Waals surface area contributed by atoms with Crippen molar-refractivity contribution < 1.29 is 14.4 Å². The fraction of sp³-hybridized carbons (Fsp3) is 0.471. The number of likely N-dealkylation sites (tertiary alicyclic amines) is 1. The van der Waals surface area contributed by atoms with Gasteiger partial charge in [-0.05, 0) is 77.6 Å². The molecule has 0 aliphatic carbocycles. The number of piperidine rings is 1. The number of aliphatic hydroxyl groups is 1. The standard InChI is InChI=1S/C34H45N8O3P/c1-21-16-27(29(45-5)17-28(21)41-14-10-24(11-15-41)42-19-23(20-42)34(3,4)43)39-33-37-18-22(2)32(40-33)38-26-9-8-25-30(36-13-12-35-25)31(26)46(6,7)44/h8-9,12-13,16-18,23-24,43H,10-11,14-15,19-20H2,1-7H3,(H2,37,38,39,40). The number of ether oxygens (including phenoxy) is 1. The molecule has 0 atom stereocenters. The summed E-state index contributed by atoms with van der Waals surface area (Å²) in [6.45, 7) is 15.3. The van der Waals surface area contributed by atoms with Crippen molar-refractivity contribution in [3.05, 3.63) is 54.0 Å². The molecule has 2 saturated heterocycles. The summed E-state index contributed by atoms with van der Waals surface area (Å²) in [5.74, 6) is 2.09. The van der Waals surface area contributed by atoms with E-state index in [2.05, 4.69) is 54.4 Å². The summed E-state index contributed by atoms with van der Waals surface area (Å²) in [7, 11) is -1.05. The number of anilines is 5. The lowest BCUT2D eigenvalue weighted by Crippen LogP contribution is -2.60. The third-order valence-corrected chi connectivity index (χ3v) is 10.9. The molecule has 2 aliphatic heterocycles. The zero-order valence-corrected chi connectivity index (χ0v) is 28.7. The van der Waals surface area contributed by atoms with E-state index >= 15 is 0 Å². The molecule has 0 saturated carbocycles. The molecular weight excluding hydrogens is 599 g/mol. The molecule has 2 aromatic carbocycles. The number of aromatic nitrogens is 4. The molecule has 0 bridgehead atoms. The van der Waals surface area contributed by atoms with E-state index in [1.807, 2.05) is 32.9 Å². The second-order valence-electron chi connectivity index (χ2n) is 13.6. The summed E-state index contributed by atoms with van der Waals surface area (Å²) >= 11 is 0. The first-order valence-electron chi connectivity index (χ1n) is 15.9. The van der Waals surface area contributed by atoms with Gasteiger partial charge in [0, 0.05) is 74.0 Å². The topological polar surface area (TPSA) is 129 Å². The number of nitrogens with zero attached hydrogens (tertiary/aromatic N) is 6. The number of hydrogen-bond donors (Lipinski definition) is 3. The SMILES string of the molecule is COc1cc(N2CCC(N3CC(C(C)(C)O)C3)CC2)c(C)cc1Nc1ncc(C)c(Nc2ccc3nccnc3c2P(C)(C)=O)n1. The Morgan fingerprint density at radius 1 is 0.978 bits per heavy atom. The fourth-order valence-electron chi connectivity index (χ4n) is 6.56. The van der Waals surface area contributed by atoms with Gasteiger partial charge in [-0.15, -0.1) is 0 Å². The number of benzene rings is 2. The van der Waals surface area contributed by atoms with E-state index < -0.39 is 12.7 Å². The average Bonchev–Trinajstić information content (AvgIpc) is 2.97. The number of hydrogen-bond acceptors (Lipinski definition) is 11. The number of nitrogens with one attached hydrogen (secondary N) is 2. The Balaban J connectivity index is 1.19. The molecule has 2 fully saturated rings. The van der Waals surface area contributed by atoms with Crippen molar-refractivity contribution in [1.82, 2.24) is 24.8 Å². The van der Waals surface area contributed by atoms with Gasteiger partial charge in [0.05, 0.1) is 34.9 Å². The normalized spacial score (nSPS) is 16.8. The molecule has 2 aliphatic rings. The Morgan fingerprint density at radius 2 is 1.70 bits per heavy atom. The Morgan fingerprint density at radius 3 is 2.37 bits per heavy atom. The van der Waals surface area contributed by atoms with Crippen LogP contribution in [0.2, 0.25) is 0 Å². The van der Waals surface area contributed by atoms with E-state index in [0.717, 1.165) is 55.8 Å². The van der Waals surface area contributed by atoms with Crippen LogP contribution in [-0.2, 0) is 4.57 Å². The van der Waals surface area contributed by atoms with Crippen LogP contribution < -0.4 is 25.6 Å². The number of aryl methyl sites for hydroxylation is 2. The highest BCUT2D eigenvalue weighted by Crippen LogP contribution is 2.41. The second kappa shape index (κ2) is 12.4. The van der Waals surface area contributed by atoms with E-state index in [0.29, 0.717) is 51.5 Å². The molecule has 0 amide bonds. The first-order valence-corrected chi connectivity index (χ1v) is 18.5. The largest absolute Gasteiger partial charge is 0.494 e. The van der Waals surface area contributed by atoms with Gasteiger partial charge in [0.2, 0.25) is 5.95 Å². The van der Waals surface area contributed by atoms with Gasteiger partial charge in [-0.2, -0.15) is 4.98 Å². The third-order valence-electron chi connectivity index (χ3n) is 9.37. The zero-order valence-electron chi connectivity index (χ0n) is 27.8. The van der Waals surface area contributed by atoms with Crippen LogP contribution in [0.1, 0.15) is 37.8 Å². The lowest BCUT2D eigenvalue weighted by molar-refractivity contribution is -0.0795. The van der Waals surface area contributed by atoms with Gasteiger partial charge in [-0.1, -0.05) is 0 Å². The van der Waals surface area contributed by atoms with Crippen molar-refractivity contribution in [2.75, 3.05) is 62.2 Å². The summed E-state index contributed by atoms with van der Waals surface area (Å²) in [6, 6.07) is 8.51. The lowest BCUT2D eigenvalue weighted by atomic mass is 9.82. The van der Waals surface area contributed by atoms with E-state index in [1.165, 1.54) is 5.69 Å². The molecule has 11 nitrogen and oxygen atoms in total. The van der Waals surface area contributed by atoms with Gasteiger partial charge in [0.1, 0.15) is 24.2 Å². The molecular formula is C34H45N8O3P. The van der Waals surface area contributed by atoms with E-state index in [9.17, 15) is 9.67 Å². The van der Waals surface area contributed by atoms with Crippen LogP contribution in [0.15, 0.2) is 42.9 Å². The Bertz CT molecular complexity index is 1790. The fourth-order valence-corrected chi connectivity index (χ4v) is 7.95. The van der Waals surface area contributed by atoms with Gasteiger partial charge in [-0.25, -0.2) is 4.98 Å². The highest BCUT2D eigenvalue weighted by molar-refractivity contribution is 7.71. The van der Waals surface area contributed by atoms with Gasteiger partial charge < -0.3 is 29.9 Å². The first-order chi connectivity index (χ1) is 21.8. The number of rotatable bonds is 9. The molecule has 0 spiro atoms. The van der Waals surface area contributed by atoms with Crippen LogP contribution >= 0.6 is 7.14 Å². The molecule has 0 radical (unpaired) electrons. The predicted octanol–water partition coefficient (Wildman–Crippen LogP) is 5.45. The molecule has 12 heteroatoms. The quantitative estimate of drug-likeness (QED) is 0.201. The second-order valence-corrected chi connectivity index (χ2v) is 16.7. The van der Waals surface area contributed by atoms with E-state index in [4.69, 9.17) is 9.72 Å². The number of methoxy groups -OCH3 is 1. The lowest BCUT2D eigenvalue weighted by Gasteiger charge is -2.51. The Labute approximate surface area is 271 Å². The molecule has 46 heavy (non-hydrogen) atoms. The molecule has 4 aromatic rings. The average molecular weight is 645 g/mol. The van der Waals surface area contributed by atoms with Gasteiger partial charge in [-0.3, -0.25) is 14.9 Å². The number of fused-ring (bicyclic) bond motifs is 1. The monoisotopic (exact) mass is 644 g/mol. The summed E-state index contributed by atoms with van der Waals surface area (Å²) in [6.07, 6.45) is 7.22. The zero-order chi connectivity index (χ0) is 32.8. The molecule has 244 valence electrons. The van der Waals surface area contributed by atoms with Crippen LogP contribution in [0.4, 0.5) is 28.8 Å². The van der Waals surface area contributed by atoms with Crippen molar-refractivity contribution in [3.63, 3.8) is 0 Å². The van der Waals surface area contributed by atoms with Crippen molar-refractivity contribution in [3.8, 4) is 5.75 Å². The molecule has 6 rings (SSSR count). The van der Waals surface area contributed by atoms with Crippen LogP contribution in [0, 0.1) is 19.8 Å². The van der Waals surface area contributed by atoms with Gasteiger partial charge >= 0.3 is 0 Å². The molecule has 4 heterocycles.